The molecule has 72 valence electrons. The molecule has 0 aromatic heterocycles. The third-order valence-corrected chi connectivity index (χ3v) is 3.29. The van der Waals surface area contributed by atoms with Crippen molar-refractivity contribution in [1.29, 1.82) is 0 Å². The maximum Gasteiger partial charge on any atom is 0.0181 e. The quantitative estimate of drug-likeness (QED) is 0.670. The summed E-state index contributed by atoms with van der Waals surface area (Å²) in [5.74, 6) is 0.841. The summed E-state index contributed by atoms with van der Waals surface area (Å²) in [7, 11) is 0. The summed E-state index contributed by atoms with van der Waals surface area (Å²) in [4.78, 5) is 0. The van der Waals surface area contributed by atoms with Gasteiger partial charge in [-0.25, -0.2) is 0 Å². The zero-order chi connectivity index (χ0) is 9.19. The summed E-state index contributed by atoms with van der Waals surface area (Å²) in [6.45, 7) is 9.25. The first kappa shape index (κ1) is 10.0. The van der Waals surface area contributed by atoms with Gasteiger partial charge in [0.15, 0.2) is 0 Å². The Morgan fingerprint density at radius 2 is 2.00 bits per heavy atom. The molecule has 0 aliphatic heterocycles. The smallest absolute Gasteiger partial charge is 0.0181 e. The van der Waals surface area contributed by atoms with Crippen LogP contribution in [0.1, 0.15) is 53.4 Å². The lowest BCUT2D eigenvalue weighted by atomic mass is 9.74. The Labute approximate surface area is 76.9 Å². The third kappa shape index (κ3) is 2.22. The minimum Gasteiger partial charge on any atom is -0.309 e. The lowest BCUT2D eigenvalue weighted by molar-refractivity contribution is 0.162. The van der Waals surface area contributed by atoms with Gasteiger partial charge in [-0.3, -0.25) is 0 Å². The third-order valence-electron chi connectivity index (χ3n) is 3.29. The summed E-state index contributed by atoms with van der Waals surface area (Å²) in [5.41, 5.74) is 0.409. The van der Waals surface area contributed by atoms with E-state index < -0.39 is 0 Å². The molecule has 2 atom stereocenters. The van der Waals surface area contributed by atoms with Crippen LogP contribution in [0.3, 0.4) is 0 Å². The van der Waals surface area contributed by atoms with E-state index in [-0.39, 0.29) is 0 Å². The van der Waals surface area contributed by atoms with E-state index >= 15 is 0 Å². The number of hydrogen-bond acceptors (Lipinski definition) is 1. The second-order valence-electron chi connectivity index (χ2n) is 4.86. The van der Waals surface area contributed by atoms with Gasteiger partial charge in [0.1, 0.15) is 0 Å². The number of rotatable bonds is 2. The fourth-order valence-electron chi connectivity index (χ4n) is 2.38. The fraction of sp³-hybridized carbons (Fsp3) is 1.00. The van der Waals surface area contributed by atoms with Gasteiger partial charge in [-0.1, -0.05) is 33.6 Å². The van der Waals surface area contributed by atoms with Crippen molar-refractivity contribution >= 4 is 0 Å². The van der Waals surface area contributed by atoms with Crippen LogP contribution in [-0.4, -0.2) is 11.6 Å². The van der Waals surface area contributed by atoms with Crippen LogP contribution in [0, 0.1) is 5.92 Å². The molecule has 0 saturated heterocycles. The lowest BCUT2D eigenvalue weighted by Gasteiger charge is -2.42. The molecule has 0 bridgehead atoms. The maximum absolute atomic E-state index is 3.71. The number of hydrogen-bond donors (Lipinski definition) is 1. The molecule has 0 amide bonds. The van der Waals surface area contributed by atoms with E-state index in [1.165, 1.54) is 25.7 Å². The molecule has 1 rings (SSSR count). The van der Waals surface area contributed by atoms with Crippen LogP contribution in [0.2, 0.25) is 0 Å². The Morgan fingerprint density at radius 1 is 1.33 bits per heavy atom. The molecule has 0 heterocycles. The normalized spacial score (nSPS) is 37.2. The van der Waals surface area contributed by atoms with Gasteiger partial charge in [-0.05, 0) is 25.7 Å². The average molecular weight is 169 g/mol. The standard InChI is InChI=1S/C11H23N/c1-9(2)12-11(4)8-6-5-7-10(11)3/h9-10,12H,5-8H2,1-4H3. The fourth-order valence-corrected chi connectivity index (χ4v) is 2.38. The minimum absolute atomic E-state index is 0.409. The summed E-state index contributed by atoms with van der Waals surface area (Å²) >= 11 is 0. The van der Waals surface area contributed by atoms with Gasteiger partial charge in [-0.15, -0.1) is 0 Å². The Bertz CT molecular complexity index is 142. The van der Waals surface area contributed by atoms with Gasteiger partial charge in [0, 0.05) is 11.6 Å². The molecule has 1 N–H and O–H groups in total. The highest BCUT2D eigenvalue weighted by atomic mass is 15.0. The van der Waals surface area contributed by atoms with Crippen molar-refractivity contribution in [3.8, 4) is 0 Å². The van der Waals surface area contributed by atoms with Crippen LogP contribution in [0.5, 0.6) is 0 Å². The zero-order valence-electron chi connectivity index (χ0n) is 8.98. The summed E-state index contributed by atoms with van der Waals surface area (Å²) < 4.78 is 0. The highest BCUT2D eigenvalue weighted by Crippen LogP contribution is 2.33. The van der Waals surface area contributed by atoms with Crippen LogP contribution in [-0.2, 0) is 0 Å². The van der Waals surface area contributed by atoms with E-state index in [0.29, 0.717) is 11.6 Å². The molecule has 0 radical (unpaired) electrons. The average Bonchev–Trinajstić information content (AvgIpc) is 1.94. The predicted molar refractivity (Wildman–Crippen MR) is 54.3 cm³/mol. The van der Waals surface area contributed by atoms with E-state index in [1.54, 1.807) is 0 Å². The van der Waals surface area contributed by atoms with Gasteiger partial charge in [-0.2, -0.15) is 0 Å². The van der Waals surface area contributed by atoms with Crippen molar-refractivity contribution in [2.45, 2.75) is 65.0 Å². The van der Waals surface area contributed by atoms with Gasteiger partial charge >= 0.3 is 0 Å². The van der Waals surface area contributed by atoms with Crippen molar-refractivity contribution in [3.63, 3.8) is 0 Å². The molecule has 12 heavy (non-hydrogen) atoms. The van der Waals surface area contributed by atoms with E-state index in [0.717, 1.165) is 5.92 Å². The van der Waals surface area contributed by atoms with Crippen LogP contribution < -0.4 is 5.32 Å². The van der Waals surface area contributed by atoms with Crippen LogP contribution >= 0.6 is 0 Å². The van der Waals surface area contributed by atoms with Crippen molar-refractivity contribution in [2.24, 2.45) is 5.92 Å². The molecule has 1 nitrogen and oxygen atoms in total. The van der Waals surface area contributed by atoms with E-state index in [9.17, 15) is 0 Å². The molecule has 0 aromatic rings. The second-order valence-corrected chi connectivity index (χ2v) is 4.86. The molecule has 1 heteroatoms. The molecule has 1 fully saturated rings. The van der Waals surface area contributed by atoms with Crippen LogP contribution in [0.25, 0.3) is 0 Å². The van der Waals surface area contributed by atoms with Gasteiger partial charge < -0.3 is 5.32 Å². The first-order valence-electron chi connectivity index (χ1n) is 5.32. The monoisotopic (exact) mass is 169 g/mol. The van der Waals surface area contributed by atoms with Crippen molar-refractivity contribution in [3.05, 3.63) is 0 Å². The maximum atomic E-state index is 3.71. The highest BCUT2D eigenvalue weighted by Gasteiger charge is 2.33. The molecule has 1 aliphatic carbocycles. The Hall–Kier alpha value is -0.0400. The van der Waals surface area contributed by atoms with E-state index in [2.05, 4.69) is 33.0 Å². The van der Waals surface area contributed by atoms with Crippen LogP contribution in [0.15, 0.2) is 0 Å². The summed E-state index contributed by atoms with van der Waals surface area (Å²) in [5, 5.41) is 3.71. The topological polar surface area (TPSA) is 12.0 Å². The molecule has 1 saturated carbocycles. The summed E-state index contributed by atoms with van der Waals surface area (Å²) in [6, 6.07) is 0.621. The second kappa shape index (κ2) is 3.78. The van der Waals surface area contributed by atoms with Crippen molar-refractivity contribution in [2.75, 3.05) is 0 Å². The van der Waals surface area contributed by atoms with Gasteiger partial charge in [0.25, 0.3) is 0 Å². The largest absolute Gasteiger partial charge is 0.309 e. The van der Waals surface area contributed by atoms with Crippen molar-refractivity contribution < 1.29 is 0 Å². The molecule has 2 unspecified atom stereocenters. The first-order chi connectivity index (χ1) is 5.54. The van der Waals surface area contributed by atoms with Crippen molar-refractivity contribution in [1.82, 2.24) is 5.32 Å². The van der Waals surface area contributed by atoms with E-state index in [4.69, 9.17) is 0 Å². The minimum atomic E-state index is 0.409. The van der Waals surface area contributed by atoms with E-state index in [1.807, 2.05) is 0 Å². The number of nitrogens with one attached hydrogen (secondary N) is 1. The van der Waals surface area contributed by atoms with Gasteiger partial charge in [0.2, 0.25) is 0 Å². The highest BCUT2D eigenvalue weighted by molar-refractivity contribution is 4.92. The summed E-state index contributed by atoms with van der Waals surface area (Å²) in [6.07, 6.45) is 5.58. The molecule has 0 spiro atoms. The molecule has 1 aliphatic rings. The Morgan fingerprint density at radius 3 is 2.50 bits per heavy atom. The zero-order valence-corrected chi connectivity index (χ0v) is 8.98. The Balaban J connectivity index is 2.53. The van der Waals surface area contributed by atoms with Crippen LogP contribution in [0.4, 0.5) is 0 Å². The Kier molecular flexibility index (Phi) is 3.16. The molecular formula is C11H23N. The van der Waals surface area contributed by atoms with Gasteiger partial charge in [0.05, 0.1) is 0 Å². The SMILES string of the molecule is CC(C)NC1(C)CCCCC1C. The molecule has 0 aromatic carbocycles. The predicted octanol–water partition coefficient (Wildman–Crippen LogP) is 2.95. The molecular weight excluding hydrogens is 146 g/mol. The lowest BCUT2D eigenvalue weighted by Crippen LogP contribution is -2.52. The first-order valence-corrected chi connectivity index (χ1v) is 5.32.